The molecule has 0 fully saturated rings. The molecule has 5 nitrogen and oxygen atoms in total. The van der Waals surface area contributed by atoms with Gasteiger partial charge in [0.2, 0.25) is 5.78 Å². The maximum absolute atomic E-state index is 11.8. The van der Waals surface area contributed by atoms with E-state index in [2.05, 4.69) is 15.1 Å². The normalized spacial score (nSPS) is 10.1. The molecule has 2 heterocycles. The van der Waals surface area contributed by atoms with Crippen molar-refractivity contribution in [2.75, 3.05) is 0 Å². The summed E-state index contributed by atoms with van der Waals surface area (Å²) >= 11 is 0. The van der Waals surface area contributed by atoms with E-state index in [9.17, 15) is 4.79 Å². The molecule has 0 amide bonds. The highest BCUT2D eigenvalue weighted by atomic mass is 16.1. The molecule has 0 saturated carbocycles. The van der Waals surface area contributed by atoms with Crippen molar-refractivity contribution in [3.05, 3.63) is 42.2 Å². The van der Waals surface area contributed by atoms with Crippen molar-refractivity contribution in [1.29, 1.82) is 0 Å². The van der Waals surface area contributed by atoms with Gasteiger partial charge < -0.3 is 0 Å². The molecule has 0 aliphatic rings. The van der Waals surface area contributed by atoms with Gasteiger partial charge in [-0.1, -0.05) is 0 Å². The molecule has 0 atom stereocenters. The lowest BCUT2D eigenvalue weighted by Crippen LogP contribution is -2.09. The van der Waals surface area contributed by atoms with Gasteiger partial charge in [0.05, 0.1) is 6.20 Å². The Bertz CT molecular complexity index is 449. The molecular formula is C9H8N4O. The average molecular weight is 188 g/mol. The molecule has 2 aromatic rings. The van der Waals surface area contributed by atoms with Crippen molar-refractivity contribution < 1.29 is 4.79 Å². The first kappa shape index (κ1) is 8.55. The van der Waals surface area contributed by atoms with Crippen molar-refractivity contribution in [3.63, 3.8) is 0 Å². The lowest BCUT2D eigenvalue weighted by Gasteiger charge is -1.98. The van der Waals surface area contributed by atoms with Crippen LogP contribution >= 0.6 is 0 Å². The van der Waals surface area contributed by atoms with Gasteiger partial charge in [0.15, 0.2) is 0 Å². The number of aromatic nitrogens is 4. The van der Waals surface area contributed by atoms with Gasteiger partial charge in [0, 0.05) is 25.6 Å². The van der Waals surface area contributed by atoms with Gasteiger partial charge in [-0.25, -0.2) is 4.98 Å². The third-order valence-corrected chi connectivity index (χ3v) is 1.85. The van der Waals surface area contributed by atoms with Crippen LogP contribution in [0.15, 0.2) is 30.9 Å². The molecule has 0 aromatic carbocycles. The van der Waals surface area contributed by atoms with E-state index in [0.29, 0.717) is 11.4 Å². The Morgan fingerprint density at radius 3 is 2.79 bits per heavy atom. The van der Waals surface area contributed by atoms with Gasteiger partial charge in [-0.2, -0.15) is 5.10 Å². The molecule has 0 saturated heterocycles. The quantitative estimate of drug-likeness (QED) is 0.641. The summed E-state index contributed by atoms with van der Waals surface area (Å²) in [6.45, 7) is 0. The largest absolute Gasteiger partial charge is 0.285 e. The van der Waals surface area contributed by atoms with Crippen molar-refractivity contribution >= 4 is 5.78 Å². The Balaban J connectivity index is 2.39. The van der Waals surface area contributed by atoms with E-state index in [1.807, 2.05) is 0 Å². The number of carbonyl (C=O) groups excluding carboxylic acids is 1. The molecule has 0 N–H and O–H groups in total. The van der Waals surface area contributed by atoms with Crippen LogP contribution < -0.4 is 0 Å². The van der Waals surface area contributed by atoms with Crippen LogP contribution in [0, 0.1) is 0 Å². The van der Waals surface area contributed by atoms with E-state index in [0.717, 1.165) is 0 Å². The number of rotatable bonds is 2. The number of hydrogen-bond acceptors (Lipinski definition) is 4. The summed E-state index contributed by atoms with van der Waals surface area (Å²) in [5.74, 6) is -0.168. The average Bonchev–Trinajstić information content (AvgIpc) is 2.65. The first-order valence-corrected chi connectivity index (χ1v) is 4.08. The maximum atomic E-state index is 11.8. The molecule has 0 aliphatic heterocycles. The predicted octanol–water partition coefficient (Wildman–Crippen LogP) is 0.441. The lowest BCUT2D eigenvalue weighted by atomic mass is 10.2. The molecule has 0 unspecified atom stereocenters. The molecule has 0 bridgehead atoms. The molecule has 2 aromatic heterocycles. The molecule has 70 valence electrons. The van der Waals surface area contributed by atoms with E-state index in [1.165, 1.54) is 23.3 Å². The summed E-state index contributed by atoms with van der Waals surface area (Å²) in [4.78, 5) is 19.5. The smallest absolute Gasteiger partial charge is 0.230 e. The van der Waals surface area contributed by atoms with Crippen LogP contribution in [0.4, 0.5) is 0 Å². The zero-order chi connectivity index (χ0) is 9.97. The summed E-state index contributed by atoms with van der Waals surface area (Å²) in [6.07, 6.45) is 6.03. The van der Waals surface area contributed by atoms with Crippen molar-refractivity contribution in [2.45, 2.75) is 0 Å². The van der Waals surface area contributed by atoms with Gasteiger partial charge in [-0.3, -0.25) is 14.5 Å². The number of carbonyl (C=O) groups is 1. The van der Waals surface area contributed by atoms with Crippen LogP contribution in [0.5, 0.6) is 0 Å². The van der Waals surface area contributed by atoms with Gasteiger partial charge in [0.1, 0.15) is 11.4 Å². The van der Waals surface area contributed by atoms with Crippen LogP contribution in [-0.2, 0) is 7.05 Å². The van der Waals surface area contributed by atoms with Crippen LogP contribution in [0.2, 0.25) is 0 Å². The van der Waals surface area contributed by atoms with Gasteiger partial charge in [0.25, 0.3) is 0 Å². The minimum Gasteiger partial charge on any atom is -0.285 e. The Morgan fingerprint density at radius 1 is 1.36 bits per heavy atom. The number of nitrogens with zero attached hydrogens (tertiary/aromatic N) is 4. The summed E-state index contributed by atoms with van der Waals surface area (Å²) < 4.78 is 1.51. The highest BCUT2D eigenvalue weighted by Gasteiger charge is 2.13. The van der Waals surface area contributed by atoms with E-state index >= 15 is 0 Å². The number of aryl methyl sites for hydroxylation is 1. The van der Waals surface area contributed by atoms with Crippen molar-refractivity contribution in [1.82, 2.24) is 19.7 Å². The maximum Gasteiger partial charge on any atom is 0.230 e. The topological polar surface area (TPSA) is 60.7 Å². The minimum absolute atomic E-state index is 0.168. The molecular weight excluding hydrogens is 180 g/mol. The Hall–Kier alpha value is -2.04. The second-order valence-electron chi connectivity index (χ2n) is 2.76. The fourth-order valence-electron chi connectivity index (χ4n) is 1.14. The minimum atomic E-state index is -0.168. The number of ketones is 1. The zero-order valence-corrected chi connectivity index (χ0v) is 7.58. The molecule has 2 rings (SSSR count). The third kappa shape index (κ3) is 1.39. The molecule has 0 aliphatic carbocycles. The summed E-state index contributed by atoms with van der Waals surface area (Å²) in [6, 6.07) is 1.65. The number of hydrogen-bond donors (Lipinski definition) is 0. The highest BCUT2D eigenvalue weighted by Crippen LogP contribution is 2.04. The molecule has 14 heavy (non-hydrogen) atoms. The standard InChI is InChI=1S/C9H8N4O/c1-13-8(2-3-12-13)9(14)7-6-10-4-5-11-7/h2-6H,1H3. The summed E-state index contributed by atoms with van der Waals surface area (Å²) in [7, 11) is 1.71. The van der Waals surface area contributed by atoms with Gasteiger partial charge >= 0.3 is 0 Å². The SMILES string of the molecule is Cn1nccc1C(=O)c1cnccn1. The zero-order valence-electron chi connectivity index (χ0n) is 7.58. The van der Waals surface area contributed by atoms with E-state index in [4.69, 9.17) is 0 Å². The second-order valence-corrected chi connectivity index (χ2v) is 2.76. The summed E-state index contributed by atoms with van der Waals surface area (Å²) in [5.41, 5.74) is 0.835. The Kier molecular flexibility index (Phi) is 2.06. The fourth-order valence-corrected chi connectivity index (χ4v) is 1.14. The molecule has 0 radical (unpaired) electrons. The second kappa shape index (κ2) is 3.37. The monoisotopic (exact) mass is 188 g/mol. The van der Waals surface area contributed by atoms with Crippen molar-refractivity contribution in [3.8, 4) is 0 Å². The summed E-state index contributed by atoms with van der Waals surface area (Å²) in [5, 5.41) is 3.91. The van der Waals surface area contributed by atoms with Gasteiger partial charge in [-0.05, 0) is 6.07 Å². The first-order chi connectivity index (χ1) is 6.79. The lowest BCUT2D eigenvalue weighted by molar-refractivity contribution is 0.102. The van der Waals surface area contributed by atoms with Crippen molar-refractivity contribution in [2.24, 2.45) is 7.05 Å². The van der Waals surface area contributed by atoms with Crippen LogP contribution in [0.25, 0.3) is 0 Å². The molecule has 0 spiro atoms. The van der Waals surface area contributed by atoms with E-state index in [1.54, 1.807) is 19.3 Å². The third-order valence-electron chi connectivity index (χ3n) is 1.85. The molecule has 5 heteroatoms. The van der Waals surface area contributed by atoms with E-state index < -0.39 is 0 Å². The Labute approximate surface area is 80.4 Å². The first-order valence-electron chi connectivity index (χ1n) is 4.08. The van der Waals surface area contributed by atoms with Gasteiger partial charge in [-0.15, -0.1) is 0 Å². The Morgan fingerprint density at radius 2 is 2.21 bits per heavy atom. The highest BCUT2D eigenvalue weighted by molar-refractivity contribution is 6.06. The predicted molar refractivity (Wildman–Crippen MR) is 48.7 cm³/mol. The van der Waals surface area contributed by atoms with Crippen LogP contribution in [0.1, 0.15) is 16.2 Å². The van der Waals surface area contributed by atoms with Crippen LogP contribution in [0.3, 0.4) is 0 Å². The van der Waals surface area contributed by atoms with Crippen LogP contribution in [-0.4, -0.2) is 25.5 Å². The fraction of sp³-hybridized carbons (Fsp3) is 0.111. The van der Waals surface area contributed by atoms with E-state index in [-0.39, 0.29) is 5.78 Å².